The van der Waals surface area contributed by atoms with Gasteiger partial charge in [0.25, 0.3) is 0 Å². The summed E-state index contributed by atoms with van der Waals surface area (Å²) >= 11 is 0. The molecule has 7 rings (SSSR count). The van der Waals surface area contributed by atoms with E-state index in [0.717, 1.165) is 39.6 Å². The number of hydrogen-bond acceptors (Lipinski definition) is 10. The molecule has 12 heteroatoms. The predicted molar refractivity (Wildman–Crippen MR) is 167 cm³/mol. The molecule has 2 aliphatic heterocycles. The molecule has 44 heavy (non-hydrogen) atoms. The standard InChI is InChI=1S/C32H34N8O4/c1-19-12-20(6-9-26(19)43-22-7-8-25-23(13-22)35-18-38(25)5)36-29-28-24(33-17-34-29)14-27-30(37-28)40-11-10-39(15-21(40)16-42-27)31(41)44-32(2,3)4/h6-9,12-14,17-18,21H,10-11,15-16H2,1-5H3,(H,33,34,36)/t21-/m0/s1. The molecule has 226 valence electrons. The number of rotatable bonds is 4. The molecular weight excluding hydrogens is 560 g/mol. The zero-order chi connectivity index (χ0) is 30.6. The van der Waals surface area contributed by atoms with E-state index in [0.29, 0.717) is 48.8 Å². The highest BCUT2D eigenvalue weighted by molar-refractivity contribution is 5.90. The number of pyridine rings is 1. The van der Waals surface area contributed by atoms with Gasteiger partial charge in [-0.2, -0.15) is 0 Å². The lowest BCUT2D eigenvalue weighted by Gasteiger charge is -2.44. The van der Waals surface area contributed by atoms with Crippen LogP contribution in [-0.2, 0) is 11.8 Å². The first-order chi connectivity index (χ1) is 21.1. The van der Waals surface area contributed by atoms with E-state index in [2.05, 4.69) is 25.2 Å². The van der Waals surface area contributed by atoms with E-state index in [9.17, 15) is 4.79 Å². The van der Waals surface area contributed by atoms with Gasteiger partial charge in [-0.25, -0.2) is 24.7 Å². The number of imidazole rings is 1. The first-order valence-electron chi connectivity index (χ1n) is 14.6. The number of benzene rings is 2. The Kier molecular flexibility index (Phi) is 6.64. The zero-order valence-corrected chi connectivity index (χ0v) is 25.4. The van der Waals surface area contributed by atoms with Crippen LogP contribution in [-0.4, -0.2) is 73.4 Å². The lowest BCUT2D eigenvalue weighted by atomic mass is 10.1. The number of nitrogens with one attached hydrogen (secondary N) is 1. The monoisotopic (exact) mass is 594 g/mol. The molecule has 0 aliphatic carbocycles. The molecule has 0 unspecified atom stereocenters. The number of carbonyl (C=O) groups is 1. The van der Waals surface area contributed by atoms with Gasteiger partial charge in [-0.3, -0.25) is 0 Å². The van der Waals surface area contributed by atoms with Gasteiger partial charge in [-0.1, -0.05) is 0 Å². The Morgan fingerprint density at radius 1 is 1.05 bits per heavy atom. The van der Waals surface area contributed by atoms with Crippen molar-refractivity contribution in [2.45, 2.75) is 39.3 Å². The highest BCUT2D eigenvalue weighted by Crippen LogP contribution is 2.38. The van der Waals surface area contributed by atoms with Crippen molar-refractivity contribution in [3.05, 3.63) is 60.7 Å². The third-order valence-corrected chi connectivity index (χ3v) is 7.76. The lowest BCUT2D eigenvalue weighted by Crippen LogP contribution is -2.59. The van der Waals surface area contributed by atoms with E-state index >= 15 is 0 Å². The zero-order valence-electron chi connectivity index (χ0n) is 25.4. The van der Waals surface area contributed by atoms with Gasteiger partial charge in [0.05, 0.1) is 28.9 Å². The van der Waals surface area contributed by atoms with Crippen molar-refractivity contribution in [1.29, 1.82) is 0 Å². The molecular formula is C32H34N8O4. The number of aryl methyl sites for hydroxylation is 2. The Labute approximate surface area is 254 Å². The summed E-state index contributed by atoms with van der Waals surface area (Å²) in [4.78, 5) is 35.0. The van der Waals surface area contributed by atoms with Gasteiger partial charge in [0.1, 0.15) is 35.6 Å². The van der Waals surface area contributed by atoms with Crippen molar-refractivity contribution < 1.29 is 19.0 Å². The van der Waals surface area contributed by atoms with Gasteiger partial charge >= 0.3 is 6.09 Å². The maximum atomic E-state index is 12.7. The molecule has 5 aromatic rings. The summed E-state index contributed by atoms with van der Waals surface area (Å²) in [6, 6.07) is 13.6. The van der Waals surface area contributed by atoms with Crippen molar-refractivity contribution in [2.24, 2.45) is 7.05 Å². The molecule has 0 bridgehead atoms. The number of nitrogens with zero attached hydrogens (tertiary/aromatic N) is 7. The molecule has 2 aliphatic rings. The Morgan fingerprint density at radius 2 is 1.91 bits per heavy atom. The molecule has 5 heterocycles. The molecule has 1 saturated heterocycles. The SMILES string of the molecule is Cc1cc(Nc2ncnc3cc4c(nc23)N2CCN(C(=O)OC(C)(C)C)C[C@H]2CO4)ccc1Oc1ccc2c(c1)ncn2C. The van der Waals surface area contributed by atoms with Crippen LogP contribution in [0.25, 0.3) is 22.1 Å². The minimum absolute atomic E-state index is 0.0386. The van der Waals surface area contributed by atoms with Crippen LogP contribution in [0.3, 0.4) is 0 Å². The minimum atomic E-state index is -0.547. The number of fused-ring (bicyclic) bond motifs is 5. The number of amides is 1. The van der Waals surface area contributed by atoms with Crippen molar-refractivity contribution >= 4 is 45.5 Å². The topological polar surface area (TPSA) is 120 Å². The van der Waals surface area contributed by atoms with Crippen LogP contribution >= 0.6 is 0 Å². The predicted octanol–water partition coefficient (Wildman–Crippen LogP) is 5.57. The fourth-order valence-electron chi connectivity index (χ4n) is 5.60. The van der Waals surface area contributed by atoms with E-state index in [-0.39, 0.29) is 12.1 Å². The Morgan fingerprint density at radius 3 is 2.73 bits per heavy atom. The van der Waals surface area contributed by atoms with Gasteiger partial charge in [0.2, 0.25) is 0 Å². The first kappa shape index (κ1) is 27.7. The third kappa shape index (κ3) is 5.27. The lowest BCUT2D eigenvalue weighted by molar-refractivity contribution is 0.0194. The number of carbonyl (C=O) groups excluding carboxylic acids is 1. The first-order valence-corrected chi connectivity index (χ1v) is 14.6. The Hall–Kier alpha value is -5.13. The molecule has 0 spiro atoms. The highest BCUT2D eigenvalue weighted by Gasteiger charge is 2.37. The van der Waals surface area contributed by atoms with E-state index in [1.807, 2.05) is 81.8 Å². The van der Waals surface area contributed by atoms with E-state index in [1.165, 1.54) is 6.33 Å². The summed E-state index contributed by atoms with van der Waals surface area (Å²) in [6.45, 7) is 9.70. The van der Waals surface area contributed by atoms with Crippen molar-refractivity contribution in [1.82, 2.24) is 29.4 Å². The maximum absolute atomic E-state index is 12.7. The fraction of sp³-hybridized carbons (Fsp3) is 0.344. The van der Waals surface area contributed by atoms with Crippen LogP contribution in [0.1, 0.15) is 26.3 Å². The van der Waals surface area contributed by atoms with Crippen LogP contribution in [0.4, 0.5) is 22.1 Å². The van der Waals surface area contributed by atoms with Crippen LogP contribution in [0.15, 0.2) is 55.1 Å². The summed E-state index contributed by atoms with van der Waals surface area (Å²) in [7, 11) is 1.97. The molecule has 3 aromatic heterocycles. The van der Waals surface area contributed by atoms with Gasteiger partial charge in [-0.15, -0.1) is 0 Å². The number of ether oxygens (including phenoxy) is 3. The van der Waals surface area contributed by atoms with Crippen LogP contribution in [0, 0.1) is 6.92 Å². The van der Waals surface area contributed by atoms with Gasteiger partial charge in [-0.05, 0) is 63.6 Å². The fourth-order valence-corrected chi connectivity index (χ4v) is 5.60. The van der Waals surface area contributed by atoms with Crippen molar-refractivity contribution in [3.63, 3.8) is 0 Å². The molecule has 0 radical (unpaired) electrons. The largest absolute Gasteiger partial charge is 0.487 e. The third-order valence-electron chi connectivity index (χ3n) is 7.76. The Bertz CT molecular complexity index is 1900. The molecule has 12 nitrogen and oxygen atoms in total. The molecule has 0 saturated carbocycles. The van der Waals surface area contributed by atoms with Gasteiger partial charge in [0, 0.05) is 44.5 Å². The molecule has 1 N–H and O–H groups in total. The van der Waals surface area contributed by atoms with Crippen molar-refractivity contribution in [3.8, 4) is 17.2 Å². The second-order valence-electron chi connectivity index (χ2n) is 12.2. The summed E-state index contributed by atoms with van der Waals surface area (Å²) < 4.78 is 19.9. The summed E-state index contributed by atoms with van der Waals surface area (Å²) in [5.41, 5.74) is 4.49. The summed E-state index contributed by atoms with van der Waals surface area (Å²) in [5, 5.41) is 3.42. The van der Waals surface area contributed by atoms with E-state index < -0.39 is 5.60 Å². The quantitative estimate of drug-likeness (QED) is 0.283. The van der Waals surface area contributed by atoms with Gasteiger partial charge < -0.3 is 33.9 Å². The van der Waals surface area contributed by atoms with Crippen LogP contribution < -0.4 is 19.7 Å². The second kappa shape index (κ2) is 10.5. The average molecular weight is 595 g/mol. The van der Waals surface area contributed by atoms with Gasteiger partial charge in [0.15, 0.2) is 17.4 Å². The smallest absolute Gasteiger partial charge is 0.410 e. The molecule has 1 amide bonds. The molecule has 1 fully saturated rings. The normalized spacial score (nSPS) is 16.3. The molecule has 1 atom stereocenters. The van der Waals surface area contributed by atoms with Crippen LogP contribution in [0.2, 0.25) is 0 Å². The highest BCUT2D eigenvalue weighted by atomic mass is 16.6. The summed E-state index contributed by atoms with van der Waals surface area (Å²) in [6.07, 6.45) is 3.00. The van der Waals surface area contributed by atoms with E-state index in [4.69, 9.17) is 19.2 Å². The molecule has 2 aromatic carbocycles. The number of aromatic nitrogens is 5. The van der Waals surface area contributed by atoms with E-state index in [1.54, 1.807) is 11.2 Å². The summed E-state index contributed by atoms with van der Waals surface area (Å²) in [5.74, 6) is 3.45. The Balaban J connectivity index is 1.11. The number of hydrogen-bond donors (Lipinski definition) is 1. The van der Waals surface area contributed by atoms with Crippen LogP contribution in [0.5, 0.6) is 17.2 Å². The second-order valence-corrected chi connectivity index (χ2v) is 12.2. The number of piperazine rings is 1. The minimum Gasteiger partial charge on any atom is -0.487 e. The number of anilines is 3. The maximum Gasteiger partial charge on any atom is 0.410 e. The average Bonchev–Trinajstić information content (AvgIpc) is 3.36. The van der Waals surface area contributed by atoms with Crippen molar-refractivity contribution in [2.75, 3.05) is 36.5 Å².